The summed E-state index contributed by atoms with van der Waals surface area (Å²) in [5.41, 5.74) is 0. The lowest BCUT2D eigenvalue weighted by Crippen LogP contribution is -2.45. The Morgan fingerprint density at radius 2 is 1.88 bits per heavy atom. The Morgan fingerprint density at radius 1 is 1.29 bits per heavy atom. The highest BCUT2D eigenvalue weighted by Gasteiger charge is 2.39. The molecule has 1 rings (SSSR count). The number of likely N-dealkylation sites (tertiary alicyclic amines) is 1. The summed E-state index contributed by atoms with van der Waals surface area (Å²) < 4.78 is 41.6. The Bertz CT molecular complexity index is 217. The molecule has 1 atom stereocenters. The number of β-amino-alcohol motifs (C(OH)–C–C–N with tert-alkyl or cyclic N) is 1. The lowest BCUT2D eigenvalue weighted by atomic mass is 10.1. The summed E-state index contributed by atoms with van der Waals surface area (Å²) in [4.78, 5) is 1.58. The van der Waals surface area contributed by atoms with Gasteiger partial charge in [0.2, 0.25) is 0 Å². The van der Waals surface area contributed by atoms with Gasteiger partial charge in [-0.3, -0.25) is 0 Å². The molecule has 0 radical (unpaired) electrons. The molecule has 1 aliphatic heterocycles. The van der Waals surface area contributed by atoms with Gasteiger partial charge in [-0.05, 0) is 12.8 Å². The summed E-state index contributed by atoms with van der Waals surface area (Å²) in [6.07, 6.45) is -5.57. The normalized spacial score (nSPS) is 21.7. The van der Waals surface area contributed by atoms with E-state index in [1.165, 1.54) is 0 Å². The van der Waals surface area contributed by atoms with Crippen molar-refractivity contribution >= 4 is 0 Å². The number of aliphatic hydroxyl groups is 2. The Balaban J connectivity index is 2.23. The maximum absolute atomic E-state index is 12.1. The molecule has 1 aliphatic rings. The largest absolute Gasteiger partial charge is 0.415 e. The number of aliphatic hydroxyl groups excluding tert-OH is 2. The van der Waals surface area contributed by atoms with E-state index in [9.17, 15) is 13.2 Å². The molecule has 0 amide bonds. The van der Waals surface area contributed by atoms with Crippen molar-refractivity contribution in [1.82, 2.24) is 4.90 Å². The average molecular weight is 257 g/mol. The van der Waals surface area contributed by atoms with Crippen molar-refractivity contribution in [3.05, 3.63) is 0 Å². The van der Waals surface area contributed by atoms with Gasteiger partial charge in [0.05, 0.1) is 19.3 Å². The third kappa shape index (κ3) is 5.20. The van der Waals surface area contributed by atoms with Crippen LogP contribution in [-0.4, -0.2) is 66.3 Å². The Kier molecular flexibility index (Phi) is 5.64. The van der Waals surface area contributed by atoms with Crippen LogP contribution in [0.2, 0.25) is 0 Å². The zero-order valence-corrected chi connectivity index (χ0v) is 9.49. The van der Waals surface area contributed by atoms with Crippen LogP contribution >= 0.6 is 0 Å². The Morgan fingerprint density at radius 3 is 2.35 bits per heavy atom. The third-order valence-electron chi connectivity index (χ3n) is 2.79. The molecule has 1 saturated heterocycles. The summed E-state index contributed by atoms with van der Waals surface area (Å²) in [5.74, 6) is 0. The van der Waals surface area contributed by atoms with Gasteiger partial charge in [0.25, 0.3) is 0 Å². The molecule has 1 fully saturated rings. The van der Waals surface area contributed by atoms with Crippen molar-refractivity contribution < 1.29 is 28.1 Å². The first kappa shape index (κ1) is 14.7. The maximum Gasteiger partial charge on any atom is 0.415 e. The van der Waals surface area contributed by atoms with E-state index in [1.54, 1.807) is 4.90 Å². The molecule has 0 bridgehead atoms. The second kappa shape index (κ2) is 6.53. The van der Waals surface area contributed by atoms with Crippen LogP contribution in [0.25, 0.3) is 0 Å². The van der Waals surface area contributed by atoms with Gasteiger partial charge in [-0.1, -0.05) is 0 Å². The predicted molar refractivity (Wildman–Crippen MR) is 54.6 cm³/mol. The Labute approximate surface area is 98.0 Å². The van der Waals surface area contributed by atoms with Crippen LogP contribution in [0, 0.1) is 0 Å². The van der Waals surface area contributed by atoms with E-state index >= 15 is 0 Å². The van der Waals surface area contributed by atoms with E-state index in [0.29, 0.717) is 25.9 Å². The van der Waals surface area contributed by atoms with E-state index in [-0.39, 0.29) is 25.9 Å². The van der Waals surface area contributed by atoms with E-state index in [1.807, 2.05) is 0 Å². The highest BCUT2D eigenvalue weighted by molar-refractivity contribution is 4.77. The van der Waals surface area contributed by atoms with Crippen LogP contribution in [-0.2, 0) is 4.74 Å². The van der Waals surface area contributed by atoms with Gasteiger partial charge in [0.15, 0.2) is 6.10 Å². The maximum atomic E-state index is 12.1. The van der Waals surface area contributed by atoms with Gasteiger partial charge >= 0.3 is 6.18 Å². The van der Waals surface area contributed by atoms with Crippen molar-refractivity contribution in [3.8, 4) is 0 Å². The van der Waals surface area contributed by atoms with E-state index in [0.717, 1.165) is 0 Å². The number of hydrogen-bond donors (Lipinski definition) is 2. The van der Waals surface area contributed by atoms with Gasteiger partial charge in [0, 0.05) is 19.6 Å². The van der Waals surface area contributed by atoms with Gasteiger partial charge in [-0.15, -0.1) is 0 Å². The van der Waals surface area contributed by atoms with Gasteiger partial charge in [0.1, 0.15) is 0 Å². The number of nitrogens with zero attached hydrogens (tertiary/aromatic N) is 1. The lowest BCUT2D eigenvalue weighted by Gasteiger charge is -2.33. The molecule has 2 N–H and O–H groups in total. The highest BCUT2D eigenvalue weighted by atomic mass is 19.4. The summed E-state index contributed by atoms with van der Waals surface area (Å²) in [5, 5.41) is 17.5. The molecule has 102 valence electrons. The van der Waals surface area contributed by atoms with Gasteiger partial charge < -0.3 is 19.8 Å². The minimum atomic E-state index is -4.55. The fourth-order valence-electron chi connectivity index (χ4n) is 1.83. The molecule has 0 aliphatic carbocycles. The Hall–Kier alpha value is -0.370. The topological polar surface area (TPSA) is 52.9 Å². The molecule has 4 nitrogen and oxygen atoms in total. The number of alkyl halides is 3. The van der Waals surface area contributed by atoms with Crippen molar-refractivity contribution in [2.24, 2.45) is 0 Å². The summed E-state index contributed by atoms with van der Waals surface area (Å²) in [6, 6.07) is 0. The summed E-state index contributed by atoms with van der Waals surface area (Å²) in [6.45, 7) is 0.783. The molecule has 0 spiro atoms. The standard InChI is InChI=1S/C10H18F3NO3/c11-10(12,13)9(16)7-14-3-1-8(2-4-14)17-6-5-15/h8-9,15-16H,1-7H2. The minimum absolute atomic E-state index is 0.00132. The first-order chi connectivity index (χ1) is 7.93. The minimum Gasteiger partial charge on any atom is -0.394 e. The van der Waals surface area contributed by atoms with E-state index in [2.05, 4.69) is 0 Å². The van der Waals surface area contributed by atoms with Crippen molar-refractivity contribution in [2.75, 3.05) is 32.8 Å². The molecule has 1 unspecified atom stereocenters. The van der Waals surface area contributed by atoms with Crippen LogP contribution < -0.4 is 0 Å². The molecule has 0 aromatic rings. The number of halogens is 3. The molecule has 0 aromatic carbocycles. The molecular weight excluding hydrogens is 239 g/mol. The van der Waals surface area contributed by atoms with Crippen molar-refractivity contribution in [3.63, 3.8) is 0 Å². The third-order valence-corrected chi connectivity index (χ3v) is 2.79. The SMILES string of the molecule is OCCOC1CCN(CC(O)C(F)(F)F)CC1. The van der Waals surface area contributed by atoms with E-state index in [4.69, 9.17) is 14.9 Å². The van der Waals surface area contributed by atoms with Crippen LogP contribution in [0.15, 0.2) is 0 Å². The van der Waals surface area contributed by atoms with Crippen LogP contribution in [0.4, 0.5) is 13.2 Å². The number of hydrogen-bond acceptors (Lipinski definition) is 4. The fraction of sp³-hybridized carbons (Fsp3) is 1.00. The zero-order valence-electron chi connectivity index (χ0n) is 9.49. The first-order valence-electron chi connectivity index (χ1n) is 5.63. The molecule has 0 aromatic heterocycles. The zero-order chi connectivity index (χ0) is 12.9. The molecule has 17 heavy (non-hydrogen) atoms. The number of piperidine rings is 1. The van der Waals surface area contributed by atoms with E-state index < -0.39 is 12.3 Å². The van der Waals surface area contributed by atoms with Gasteiger partial charge in [-0.2, -0.15) is 13.2 Å². The quantitative estimate of drug-likeness (QED) is 0.748. The predicted octanol–water partition coefficient (Wildman–Crippen LogP) is 0.383. The highest BCUT2D eigenvalue weighted by Crippen LogP contribution is 2.22. The lowest BCUT2D eigenvalue weighted by molar-refractivity contribution is -0.209. The molecular formula is C10H18F3NO3. The van der Waals surface area contributed by atoms with Crippen molar-refractivity contribution in [2.45, 2.75) is 31.2 Å². The molecule has 7 heteroatoms. The van der Waals surface area contributed by atoms with Crippen LogP contribution in [0.5, 0.6) is 0 Å². The molecule has 1 heterocycles. The smallest absolute Gasteiger partial charge is 0.394 e. The van der Waals surface area contributed by atoms with Crippen LogP contribution in [0.3, 0.4) is 0 Å². The first-order valence-corrected chi connectivity index (χ1v) is 5.63. The number of rotatable bonds is 5. The summed E-state index contributed by atoms with van der Waals surface area (Å²) >= 11 is 0. The van der Waals surface area contributed by atoms with Crippen molar-refractivity contribution in [1.29, 1.82) is 0 Å². The number of ether oxygens (including phenoxy) is 1. The molecule has 0 saturated carbocycles. The monoisotopic (exact) mass is 257 g/mol. The fourth-order valence-corrected chi connectivity index (χ4v) is 1.83. The van der Waals surface area contributed by atoms with Gasteiger partial charge in [-0.25, -0.2) is 0 Å². The second-order valence-corrected chi connectivity index (χ2v) is 4.15. The summed E-state index contributed by atoms with van der Waals surface area (Å²) in [7, 11) is 0. The average Bonchev–Trinajstić information content (AvgIpc) is 2.27. The second-order valence-electron chi connectivity index (χ2n) is 4.15. The van der Waals surface area contributed by atoms with Crippen LogP contribution in [0.1, 0.15) is 12.8 Å².